The van der Waals surface area contributed by atoms with Gasteiger partial charge in [-0.2, -0.15) is 0 Å². The van der Waals surface area contributed by atoms with Crippen molar-refractivity contribution in [3.8, 4) is 5.75 Å². The Hall–Kier alpha value is -1.92. The van der Waals surface area contributed by atoms with Gasteiger partial charge in [-0.25, -0.2) is 12.8 Å². The smallest absolute Gasteiger partial charge is 0.182 e. The van der Waals surface area contributed by atoms with E-state index in [1.54, 1.807) is 30.3 Å². The molecule has 2 unspecified atom stereocenters. The molecule has 4 nitrogen and oxygen atoms in total. The number of aliphatic hydroxyl groups is 1. The molecular weight excluding hydrogens is 391 g/mol. The molecule has 0 saturated heterocycles. The van der Waals surface area contributed by atoms with Crippen LogP contribution in [0.2, 0.25) is 0 Å². The molecule has 0 fully saturated rings. The molecule has 0 radical (unpaired) electrons. The van der Waals surface area contributed by atoms with Crippen LogP contribution in [0.4, 0.5) is 4.39 Å². The van der Waals surface area contributed by atoms with Gasteiger partial charge in [0.2, 0.25) is 0 Å². The van der Waals surface area contributed by atoms with Crippen LogP contribution in [0.3, 0.4) is 0 Å². The zero-order chi connectivity index (χ0) is 21.3. The molecule has 0 saturated carbocycles. The van der Waals surface area contributed by atoms with Crippen molar-refractivity contribution < 1.29 is 22.7 Å². The Kier molecular flexibility index (Phi) is 6.34. The minimum Gasteiger partial charge on any atom is -0.497 e. The Morgan fingerprint density at radius 1 is 1.14 bits per heavy atom. The first kappa shape index (κ1) is 21.8. The van der Waals surface area contributed by atoms with E-state index in [0.29, 0.717) is 29.7 Å². The van der Waals surface area contributed by atoms with Crippen LogP contribution in [0.15, 0.2) is 47.4 Å². The summed E-state index contributed by atoms with van der Waals surface area (Å²) >= 11 is 0. The fraction of sp³-hybridized carbons (Fsp3) is 0.478. The highest BCUT2D eigenvalue weighted by Crippen LogP contribution is 2.47. The lowest BCUT2D eigenvalue weighted by Gasteiger charge is -2.33. The third-order valence-electron chi connectivity index (χ3n) is 6.34. The molecule has 0 spiro atoms. The maximum Gasteiger partial charge on any atom is 0.182 e. The lowest BCUT2D eigenvalue weighted by molar-refractivity contribution is 0.0785. The van der Waals surface area contributed by atoms with E-state index in [4.69, 9.17) is 4.74 Å². The predicted molar refractivity (Wildman–Crippen MR) is 111 cm³/mol. The van der Waals surface area contributed by atoms with Gasteiger partial charge in [0, 0.05) is 11.8 Å². The van der Waals surface area contributed by atoms with Crippen molar-refractivity contribution >= 4 is 9.84 Å². The third kappa shape index (κ3) is 3.68. The summed E-state index contributed by atoms with van der Waals surface area (Å²) in [6.45, 7) is 5.74. The first-order valence-electron chi connectivity index (χ1n) is 10.1. The third-order valence-corrected chi connectivity index (χ3v) is 8.85. The van der Waals surface area contributed by atoms with Crippen LogP contribution in [0, 0.1) is 17.7 Å². The minimum absolute atomic E-state index is 0.145. The first-order valence-corrected chi connectivity index (χ1v) is 11.7. The molecule has 0 bridgehead atoms. The van der Waals surface area contributed by atoms with E-state index < -0.39 is 38.8 Å². The second kappa shape index (κ2) is 8.44. The molecule has 0 amide bonds. The summed E-state index contributed by atoms with van der Waals surface area (Å²) in [5.74, 6) is -1.44. The summed E-state index contributed by atoms with van der Waals surface area (Å²) < 4.78 is 47.6. The number of sulfone groups is 1. The van der Waals surface area contributed by atoms with E-state index in [2.05, 4.69) is 0 Å². The molecule has 158 valence electrons. The minimum atomic E-state index is -3.74. The van der Waals surface area contributed by atoms with E-state index >= 15 is 0 Å². The van der Waals surface area contributed by atoms with Crippen LogP contribution in [-0.4, -0.2) is 32.0 Å². The Morgan fingerprint density at radius 3 is 2.41 bits per heavy atom. The van der Waals surface area contributed by atoms with Gasteiger partial charge in [-0.15, -0.1) is 0 Å². The molecular formula is C23H29FO4S. The lowest BCUT2D eigenvalue weighted by Crippen LogP contribution is -2.41. The Labute approximate surface area is 172 Å². The van der Waals surface area contributed by atoms with Crippen LogP contribution in [-0.2, 0) is 9.84 Å². The molecule has 1 aliphatic rings. The fourth-order valence-electron chi connectivity index (χ4n) is 4.67. The van der Waals surface area contributed by atoms with Crippen LogP contribution >= 0.6 is 0 Å². The molecule has 0 aromatic heterocycles. The highest BCUT2D eigenvalue weighted by molar-refractivity contribution is 7.92. The summed E-state index contributed by atoms with van der Waals surface area (Å²) in [5, 5.41) is 10.7. The molecule has 3 rings (SSSR count). The van der Waals surface area contributed by atoms with Gasteiger partial charge in [0.1, 0.15) is 11.6 Å². The second-order valence-corrected chi connectivity index (χ2v) is 9.93. The lowest BCUT2D eigenvalue weighted by atomic mass is 9.76. The van der Waals surface area contributed by atoms with Gasteiger partial charge in [0.25, 0.3) is 0 Å². The SMILES string of the molecule is CCC(C)C1[C@H](CC)[C@H](O)[C@H](c2ccccc2F)c2cc(OC)ccc2S1(=O)=O. The molecule has 6 heteroatoms. The van der Waals surface area contributed by atoms with Crippen molar-refractivity contribution in [1.82, 2.24) is 0 Å². The monoisotopic (exact) mass is 420 g/mol. The van der Waals surface area contributed by atoms with E-state index in [1.165, 1.54) is 19.2 Å². The quantitative estimate of drug-likeness (QED) is 0.770. The summed E-state index contributed by atoms with van der Waals surface area (Å²) in [6.07, 6.45) is 0.105. The molecule has 2 aromatic carbocycles. The van der Waals surface area contributed by atoms with Gasteiger partial charge >= 0.3 is 0 Å². The van der Waals surface area contributed by atoms with Crippen molar-refractivity contribution in [1.29, 1.82) is 0 Å². The van der Waals surface area contributed by atoms with Crippen molar-refractivity contribution in [2.75, 3.05) is 7.11 Å². The van der Waals surface area contributed by atoms with Crippen molar-refractivity contribution in [2.45, 2.75) is 55.8 Å². The van der Waals surface area contributed by atoms with Crippen molar-refractivity contribution in [2.24, 2.45) is 11.8 Å². The number of fused-ring (bicyclic) bond motifs is 1. The van der Waals surface area contributed by atoms with Gasteiger partial charge in [-0.05, 0) is 47.7 Å². The van der Waals surface area contributed by atoms with Crippen LogP contribution in [0.1, 0.15) is 50.7 Å². The predicted octanol–water partition coefficient (Wildman–Crippen LogP) is 4.56. The topological polar surface area (TPSA) is 63.6 Å². The number of ether oxygens (including phenoxy) is 1. The molecule has 5 atom stereocenters. The molecule has 0 aliphatic carbocycles. The van der Waals surface area contributed by atoms with E-state index in [1.807, 2.05) is 20.8 Å². The van der Waals surface area contributed by atoms with Crippen LogP contribution in [0.25, 0.3) is 0 Å². The maximum absolute atomic E-state index is 14.8. The molecule has 1 aliphatic heterocycles. The number of rotatable bonds is 5. The van der Waals surface area contributed by atoms with Crippen LogP contribution < -0.4 is 4.74 Å². The zero-order valence-electron chi connectivity index (χ0n) is 17.3. The normalized spacial score (nSPS) is 27.0. The molecule has 2 aromatic rings. The van der Waals surface area contributed by atoms with Gasteiger partial charge < -0.3 is 9.84 Å². The van der Waals surface area contributed by atoms with E-state index in [0.717, 1.165) is 0 Å². The van der Waals surface area contributed by atoms with Gasteiger partial charge in [-0.1, -0.05) is 45.4 Å². The molecule has 1 heterocycles. The largest absolute Gasteiger partial charge is 0.497 e. The van der Waals surface area contributed by atoms with Gasteiger partial charge in [-0.3, -0.25) is 0 Å². The number of aliphatic hydroxyl groups excluding tert-OH is 1. The van der Waals surface area contributed by atoms with E-state index in [9.17, 15) is 17.9 Å². The highest BCUT2D eigenvalue weighted by atomic mass is 32.2. The highest BCUT2D eigenvalue weighted by Gasteiger charge is 2.48. The van der Waals surface area contributed by atoms with Gasteiger partial charge in [0.05, 0.1) is 23.4 Å². The Bertz CT molecular complexity index is 973. The number of hydrogen-bond acceptors (Lipinski definition) is 4. The number of hydrogen-bond donors (Lipinski definition) is 1. The summed E-state index contributed by atoms with van der Waals surface area (Å²) in [7, 11) is -2.24. The summed E-state index contributed by atoms with van der Waals surface area (Å²) in [4.78, 5) is 0.159. The maximum atomic E-state index is 14.8. The van der Waals surface area contributed by atoms with Gasteiger partial charge in [0.15, 0.2) is 9.84 Å². The molecule has 29 heavy (non-hydrogen) atoms. The fourth-order valence-corrected chi connectivity index (χ4v) is 7.35. The zero-order valence-corrected chi connectivity index (χ0v) is 18.1. The van der Waals surface area contributed by atoms with Crippen LogP contribution in [0.5, 0.6) is 5.75 Å². The van der Waals surface area contributed by atoms with E-state index in [-0.39, 0.29) is 10.8 Å². The summed E-state index contributed by atoms with van der Waals surface area (Å²) in [5.41, 5.74) is 0.694. The standard InChI is InChI=1S/C23H29FO4S/c1-5-14(3)23-16(6-2)22(25)21(17-9-7-8-10-19(17)24)18-13-15(28-4)11-12-20(18)29(23,26)27/h7-14,16,21-23,25H,5-6H2,1-4H3/t14?,16-,21-,22+,23?/m1/s1. The average Bonchev–Trinajstić information content (AvgIpc) is 2.78. The Balaban J connectivity index is 2.37. The summed E-state index contributed by atoms with van der Waals surface area (Å²) in [6, 6.07) is 11.0. The first-order chi connectivity index (χ1) is 13.8. The van der Waals surface area contributed by atoms with Crippen molar-refractivity contribution in [3.05, 3.63) is 59.4 Å². The molecule has 1 N–H and O–H groups in total. The number of methoxy groups -OCH3 is 1. The Morgan fingerprint density at radius 2 is 1.83 bits per heavy atom. The second-order valence-electron chi connectivity index (χ2n) is 7.86. The average molecular weight is 421 g/mol. The van der Waals surface area contributed by atoms with Crippen molar-refractivity contribution in [3.63, 3.8) is 0 Å². The number of halogens is 1. The number of benzene rings is 2.